The summed E-state index contributed by atoms with van der Waals surface area (Å²) < 4.78 is 6.48. The maximum Gasteiger partial charge on any atom is 0.228 e. The summed E-state index contributed by atoms with van der Waals surface area (Å²) in [7, 11) is 0. The van der Waals surface area contributed by atoms with Crippen molar-refractivity contribution in [3.05, 3.63) is 65.2 Å². The number of nitrogens with one attached hydrogen (secondary N) is 1. The van der Waals surface area contributed by atoms with Crippen LogP contribution in [0.15, 0.2) is 48.5 Å². The fourth-order valence-electron chi connectivity index (χ4n) is 5.37. The van der Waals surface area contributed by atoms with E-state index in [9.17, 15) is 9.59 Å². The molecule has 1 fully saturated rings. The molecule has 156 valence electrons. The smallest absolute Gasteiger partial charge is 0.228 e. The molecule has 0 aromatic heterocycles. The Morgan fingerprint density at radius 2 is 1.73 bits per heavy atom. The summed E-state index contributed by atoms with van der Waals surface area (Å²) in [5.74, 6) is 0.773. The molecule has 1 aliphatic carbocycles. The fraction of sp³-hybridized carbons (Fsp3) is 0.440. The second-order valence-electron chi connectivity index (χ2n) is 8.88. The number of carbonyl (C=O) groups is 2. The maximum atomic E-state index is 13.5. The van der Waals surface area contributed by atoms with Crippen molar-refractivity contribution in [2.24, 2.45) is 0 Å². The molecule has 2 aromatic carbocycles. The van der Waals surface area contributed by atoms with E-state index >= 15 is 0 Å². The zero-order valence-corrected chi connectivity index (χ0v) is 17.4. The number of benzene rings is 2. The van der Waals surface area contributed by atoms with Gasteiger partial charge in [0.15, 0.2) is 0 Å². The number of hydrogen-bond acceptors (Lipinski definition) is 3. The van der Waals surface area contributed by atoms with Crippen LogP contribution >= 0.6 is 0 Å². The summed E-state index contributed by atoms with van der Waals surface area (Å²) in [5.41, 5.74) is 3.18. The molecule has 5 nitrogen and oxygen atoms in total. The number of ether oxygens (including phenoxy) is 1. The molecule has 2 aromatic rings. The van der Waals surface area contributed by atoms with E-state index in [2.05, 4.69) is 23.5 Å². The second-order valence-corrected chi connectivity index (χ2v) is 8.88. The average molecular weight is 405 g/mol. The van der Waals surface area contributed by atoms with Crippen LogP contribution in [0.2, 0.25) is 0 Å². The van der Waals surface area contributed by atoms with E-state index in [4.69, 9.17) is 4.74 Å². The van der Waals surface area contributed by atoms with Crippen LogP contribution in [0.1, 0.15) is 61.3 Å². The molecule has 1 spiro atoms. The Morgan fingerprint density at radius 3 is 2.50 bits per heavy atom. The molecule has 1 saturated heterocycles. The van der Waals surface area contributed by atoms with Gasteiger partial charge in [-0.15, -0.1) is 0 Å². The average Bonchev–Trinajstić information content (AvgIpc) is 3.16. The molecule has 2 aliphatic heterocycles. The number of nitrogens with zero attached hydrogens (tertiary/aromatic N) is 1. The normalized spacial score (nSPS) is 24.0. The van der Waals surface area contributed by atoms with Crippen LogP contribution in [0.25, 0.3) is 0 Å². The molecule has 2 heterocycles. The molecule has 2 atom stereocenters. The second kappa shape index (κ2) is 7.46. The predicted octanol–water partition coefficient (Wildman–Crippen LogP) is 3.74. The van der Waals surface area contributed by atoms with Gasteiger partial charge in [0, 0.05) is 44.8 Å². The van der Waals surface area contributed by atoms with Gasteiger partial charge in [0.25, 0.3) is 0 Å². The number of fused-ring (bicyclic) bond motifs is 2. The molecule has 1 N–H and O–H groups in total. The van der Waals surface area contributed by atoms with Crippen molar-refractivity contribution in [1.82, 2.24) is 10.2 Å². The highest BCUT2D eigenvalue weighted by atomic mass is 16.5. The number of hydrogen-bond donors (Lipinski definition) is 1. The van der Waals surface area contributed by atoms with Crippen molar-refractivity contribution in [3.63, 3.8) is 0 Å². The molecule has 0 radical (unpaired) electrons. The number of para-hydroxylation sites is 1. The van der Waals surface area contributed by atoms with Gasteiger partial charge in [0.1, 0.15) is 11.4 Å². The first-order valence-corrected chi connectivity index (χ1v) is 11.0. The van der Waals surface area contributed by atoms with Gasteiger partial charge >= 0.3 is 0 Å². The van der Waals surface area contributed by atoms with Crippen LogP contribution in [0.5, 0.6) is 5.75 Å². The van der Waals surface area contributed by atoms with E-state index in [1.807, 2.05) is 35.2 Å². The molecule has 5 rings (SSSR count). The highest BCUT2D eigenvalue weighted by Gasteiger charge is 2.46. The van der Waals surface area contributed by atoms with Crippen molar-refractivity contribution in [1.29, 1.82) is 0 Å². The number of likely N-dealkylation sites (tertiary alicyclic amines) is 1. The first-order chi connectivity index (χ1) is 14.5. The lowest BCUT2D eigenvalue weighted by atomic mass is 9.77. The van der Waals surface area contributed by atoms with E-state index in [-0.39, 0.29) is 29.4 Å². The largest absolute Gasteiger partial charge is 0.487 e. The summed E-state index contributed by atoms with van der Waals surface area (Å²) in [6, 6.07) is 16.4. The summed E-state index contributed by atoms with van der Waals surface area (Å²) >= 11 is 0. The van der Waals surface area contributed by atoms with Gasteiger partial charge < -0.3 is 15.0 Å². The highest BCUT2D eigenvalue weighted by molar-refractivity contribution is 5.85. The first kappa shape index (κ1) is 19.2. The summed E-state index contributed by atoms with van der Waals surface area (Å²) in [5, 5.41) is 3.34. The van der Waals surface area contributed by atoms with Crippen LogP contribution in [0, 0.1) is 0 Å². The molecule has 3 aliphatic rings. The topological polar surface area (TPSA) is 58.6 Å². The van der Waals surface area contributed by atoms with Gasteiger partial charge in [-0.25, -0.2) is 0 Å². The lowest BCUT2D eigenvalue weighted by molar-refractivity contribution is -0.134. The number of amides is 2. The molecule has 0 bridgehead atoms. The quantitative estimate of drug-likeness (QED) is 0.830. The van der Waals surface area contributed by atoms with E-state index in [1.165, 1.54) is 11.1 Å². The van der Waals surface area contributed by atoms with Gasteiger partial charge in [0.05, 0.1) is 12.0 Å². The molecule has 2 amide bonds. The number of piperidine rings is 1. The summed E-state index contributed by atoms with van der Waals surface area (Å²) in [6.45, 7) is 2.98. The SMILES string of the molecule is CC(=O)N1CCC2(CC1)CC(C(=O)N[C@@H]1CCc3ccccc31)c1ccccc1O2. The first-order valence-electron chi connectivity index (χ1n) is 11.0. The van der Waals surface area contributed by atoms with E-state index in [1.54, 1.807) is 6.92 Å². The van der Waals surface area contributed by atoms with Gasteiger partial charge in [0.2, 0.25) is 11.8 Å². The Bertz CT molecular complexity index is 978. The Morgan fingerprint density at radius 1 is 1.03 bits per heavy atom. The zero-order chi connectivity index (χ0) is 20.7. The molecule has 30 heavy (non-hydrogen) atoms. The van der Waals surface area contributed by atoms with Crippen molar-refractivity contribution >= 4 is 11.8 Å². The van der Waals surface area contributed by atoms with E-state index in [0.29, 0.717) is 19.5 Å². The van der Waals surface area contributed by atoms with Gasteiger partial charge in [-0.3, -0.25) is 9.59 Å². The van der Waals surface area contributed by atoms with Crippen LogP contribution in [0.3, 0.4) is 0 Å². The van der Waals surface area contributed by atoms with Gasteiger partial charge in [-0.05, 0) is 30.0 Å². The Hall–Kier alpha value is -2.82. The van der Waals surface area contributed by atoms with Gasteiger partial charge in [-0.2, -0.15) is 0 Å². The maximum absolute atomic E-state index is 13.5. The number of rotatable bonds is 2. The van der Waals surface area contributed by atoms with Crippen LogP contribution < -0.4 is 10.1 Å². The molecule has 5 heteroatoms. The standard InChI is InChI=1S/C25H28N2O3/c1-17(28)27-14-12-25(13-15-27)16-21(20-8-4-5-9-23(20)30-25)24(29)26-22-11-10-18-6-2-3-7-19(18)22/h2-9,21-22H,10-16H2,1H3,(H,26,29)/t21?,22-/m1/s1. The van der Waals surface area contributed by atoms with E-state index < -0.39 is 0 Å². The van der Waals surface area contributed by atoms with Crippen molar-refractivity contribution in [3.8, 4) is 5.75 Å². The van der Waals surface area contributed by atoms with Crippen LogP contribution in [-0.2, 0) is 16.0 Å². The lowest BCUT2D eigenvalue weighted by Crippen LogP contribution is -2.52. The van der Waals surface area contributed by atoms with Crippen LogP contribution in [-0.4, -0.2) is 35.4 Å². The minimum Gasteiger partial charge on any atom is -0.487 e. The minimum absolute atomic E-state index is 0.0826. The third-order valence-electron chi connectivity index (χ3n) is 7.08. The fourth-order valence-corrected chi connectivity index (χ4v) is 5.37. The molecule has 0 saturated carbocycles. The predicted molar refractivity (Wildman–Crippen MR) is 114 cm³/mol. The Kier molecular flexibility index (Phi) is 4.76. The molecular weight excluding hydrogens is 376 g/mol. The third-order valence-corrected chi connectivity index (χ3v) is 7.08. The molecule has 1 unspecified atom stereocenters. The Labute approximate surface area is 177 Å². The number of carbonyl (C=O) groups excluding carboxylic acids is 2. The van der Waals surface area contributed by atoms with Crippen molar-refractivity contribution < 1.29 is 14.3 Å². The highest BCUT2D eigenvalue weighted by Crippen LogP contribution is 2.46. The monoisotopic (exact) mass is 404 g/mol. The Balaban J connectivity index is 1.38. The molecular formula is C25H28N2O3. The van der Waals surface area contributed by atoms with Crippen LogP contribution in [0.4, 0.5) is 0 Å². The summed E-state index contributed by atoms with van der Waals surface area (Å²) in [4.78, 5) is 27.1. The van der Waals surface area contributed by atoms with Gasteiger partial charge in [-0.1, -0.05) is 42.5 Å². The lowest BCUT2D eigenvalue weighted by Gasteiger charge is -2.46. The third kappa shape index (κ3) is 3.36. The minimum atomic E-state index is -0.379. The van der Waals surface area contributed by atoms with Crippen molar-refractivity contribution in [2.45, 2.75) is 56.6 Å². The summed E-state index contributed by atoms with van der Waals surface area (Å²) in [6.07, 6.45) is 4.15. The zero-order valence-electron chi connectivity index (χ0n) is 17.4. The van der Waals surface area contributed by atoms with Crippen molar-refractivity contribution in [2.75, 3.05) is 13.1 Å². The number of aryl methyl sites for hydroxylation is 1. The van der Waals surface area contributed by atoms with E-state index in [0.717, 1.165) is 37.0 Å².